The van der Waals surface area contributed by atoms with E-state index in [1.807, 2.05) is 12.1 Å². The maximum Gasteiger partial charge on any atom is 0.118 e. The van der Waals surface area contributed by atoms with Gasteiger partial charge in [-0.1, -0.05) is 12.1 Å². The van der Waals surface area contributed by atoms with E-state index >= 15 is 0 Å². The van der Waals surface area contributed by atoms with Crippen molar-refractivity contribution < 1.29 is 4.74 Å². The van der Waals surface area contributed by atoms with Gasteiger partial charge in [-0.25, -0.2) is 0 Å². The average molecular weight is 248 g/mol. The number of nitrogens with two attached hydrogens (primary N) is 1. The van der Waals surface area contributed by atoms with Crippen LogP contribution in [0.4, 0.5) is 0 Å². The molecule has 0 aliphatic heterocycles. The van der Waals surface area contributed by atoms with Gasteiger partial charge in [0.25, 0.3) is 0 Å². The second-order valence-electron chi connectivity index (χ2n) is 5.27. The Labute approximate surface area is 110 Å². The molecule has 0 amide bonds. The van der Waals surface area contributed by atoms with Crippen LogP contribution in [-0.2, 0) is 0 Å². The molecule has 3 N–H and O–H groups in total. The van der Waals surface area contributed by atoms with Crippen LogP contribution in [-0.4, -0.2) is 19.2 Å². The topological polar surface area (TPSA) is 47.3 Å². The number of methoxy groups -OCH3 is 1. The minimum absolute atomic E-state index is 0.384. The molecule has 0 radical (unpaired) electrons. The maximum absolute atomic E-state index is 5.93. The smallest absolute Gasteiger partial charge is 0.118 e. The second-order valence-corrected chi connectivity index (χ2v) is 5.27. The van der Waals surface area contributed by atoms with Crippen molar-refractivity contribution in [1.82, 2.24) is 5.32 Å². The molecule has 0 spiro atoms. The summed E-state index contributed by atoms with van der Waals surface area (Å²) in [6, 6.07) is 9.71. The van der Waals surface area contributed by atoms with Crippen LogP contribution in [0.5, 0.6) is 5.75 Å². The van der Waals surface area contributed by atoms with Gasteiger partial charge in [-0.05, 0) is 50.3 Å². The Hall–Kier alpha value is -1.06. The molecular formula is C15H24N2O. The van der Waals surface area contributed by atoms with Crippen LogP contribution in [0.3, 0.4) is 0 Å². The lowest BCUT2D eigenvalue weighted by Gasteiger charge is -2.29. The predicted octanol–water partition coefficient (Wildman–Crippen LogP) is 2.62. The molecule has 3 heteroatoms. The number of nitrogens with one attached hydrogen (secondary N) is 1. The largest absolute Gasteiger partial charge is 0.497 e. The highest BCUT2D eigenvalue weighted by atomic mass is 16.5. The fourth-order valence-corrected chi connectivity index (χ4v) is 2.63. The molecule has 3 nitrogen and oxygen atoms in total. The minimum Gasteiger partial charge on any atom is -0.497 e. The molecule has 0 aromatic heterocycles. The first-order chi connectivity index (χ1) is 8.69. The summed E-state index contributed by atoms with van der Waals surface area (Å²) in [6.45, 7) is 2.22. The van der Waals surface area contributed by atoms with Crippen LogP contribution in [0.2, 0.25) is 0 Å². The van der Waals surface area contributed by atoms with Gasteiger partial charge in [0.2, 0.25) is 0 Å². The van der Waals surface area contributed by atoms with Crippen LogP contribution in [0.1, 0.15) is 44.2 Å². The first-order valence-electron chi connectivity index (χ1n) is 6.84. The van der Waals surface area contributed by atoms with E-state index in [2.05, 4.69) is 24.4 Å². The normalized spacial score (nSPS) is 25.7. The fourth-order valence-electron chi connectivity index (χ4n) is 2.63. The third kappa shape index (κ3) is 3.47. The average Bonchev–Trinajstić information content (AvgIpc) is 2.41. The molecule has 1 aromatic carbocycles. The highest BCUT2D eigenvalue weighted by Gasteiger charge is 2.20. The van der Waals surface area contributed by atoms with Gasteiger partial charge in [-0.2, -0.15) is 0 Å². The Morgan fingerprint density at radius 1 is 1.17 bits per heavy atom. The number of benzene rings is 1. The summed E-state index contributed by atoms with van der Waals surface area (Å²) >= 11 is 0. The monoisotopic (exact) mass is 248 g/mol. The SMILES string of the molecule is COc1ccc([C@@H](C)NC2CCC(N)CC2)cc1. The van der Waals surface area contributed by atoms with Crippen molar-refractivity contribution in [2.24, 2.45) is 5.73 Å². The third-order valence-corrected chi connectivity index (χ3v) is 3.87. The summed E-state index contributed by atoms with van der Waals surface area (Å²) in [5.41, 5.74) is 7.24. The van der Waals surface area contributed by atoms with Crippen LogP contribution in [0, 0.1) is 0 Å². The lowest BCUT2D eigenvalue weighted by molar-refractivity contribution is 0.322. The van der Waals surface area contributed by atoms with Gasteiger partial charge in [0.05, 0.1) is 7.11 Å². The van der Waals surface area contributed by atoms with Gasteiger partial charge in [-0.3, -0.25) is 0 Å². The molecule has 100 valence electrons. The Morgan fingerprint density at radius 2 is 1.78 bits per heavy atom. The molecular weight excluding hydrogens is 224 g/mol. The molecule has 1 fully saturated rings. The summed E-state index contributed by atoms with van der Waals surface area (Å²) in [7, 11) is 1.70. The number of hydrogen-bond acceptors (Lipinski definition) is 3. The molecule has 0 saturated heterocycles. The number of rotatable bonds is 4. The van der Waals surface area contributed by atoms with Crippen molar-refractivity contribution in [1.29, 1.82) is 0 Å². The third-order valence-electron chi connectivity index (χ3n) is 3.87. The zero-order valence-electron chi connectivity index (χ0n) is 11.4. The quantitative estimate of drug-likeness (QED) is 0.861. The minimum atomic E-state index is 0.384. The van der Waals surface area contributed by atoms with Crippen molar-refractivity contribution in [3.05, 3.63) is 29.8 Å². The van der Waals surface area contributed by atoms with Crippen LogP contribution >= 0.6 is 0 Å². The van der Waals surface area contributed by atoms with E-state index in [9.17, 15) is 0 Å². The number of ether oxygens (including phenoxy) is 1. The molecule has 1 aromatic rings. The van der Waals surface area contributed by atoms with Crippen molar-refractivity contribution in [3.63, 3.8) is 0 Å². The number of hydrogen-bond donors (Lipinski definition) is 2. The van der Waals surface area contributed by atoms with Crippen molar-refractivity contribution >= 4 is 0 Å². The van der Waals surface area contributed by atoms with Gasteiger partial charge < -0.3 is 15.8 Å². The summed E-state index contributed by atoms with van der Waals surface area (Å²) in [5, 5.41) is 3.70. The van der Waals surface area contributed by atoms with E-state index in [0.29, 0.717) is 18.1 Å². The van der Waals surface area contributed by atoms with E-state index in [1.54, 1.807) is 7.11 Å². The Balaban J connectivity index is 1.88. The van der Waals surface area contributed by atoms with Gasteiger partial charge in [0.15, 0.2) is 0 Å². The fraction of sp³-hybridized carbons (Fsp3) is 0.600. The molecule has 1 saturated carbocycles. The van der Waals surface area contributed by atoms with E-state index in [1.165, 1.54) is 18.4 Å². The first kappa shape index (κ1) is 13.4. The van der Waals surface area contributed by atoms with E-state index in [0.717, 1.165) is 18.6 Å². The molecule has 1 aliphatic carbocycles. The first-order valence-corrected chi connectivity index (χ1v) is 6.84. The maximum atomic E-state index is 5.93. The summed E-state index contributed by atoms with van der Waals surface area (Å²) < 4.78 is 5.18. The lowest BCUT2D eigenvalue weighted by atomic mass is 9.91. The Morgan fingerprint density at radius 3 is 2.33 bits per heavy atom. The van der Waals surface area contributed by atoms with Gasteiger partial charge >= 0.3 is 0 Å². The van der Waals surface area contributed by atoms with Crippen molar-refractivity contribution in [3.8, 4) is 5.75 Å². The summed E-state index contributed by atoms with van der Waals surface area (Å²) in [5.74, 6) is 0.912. The highest BCUT2D eigenvalue weighted by Crippen LogP contribution is 2.22. The van der Waals surface area contributed by atoms with Crippen LogP contribution in [0.15, 0.2) is 24.3 Å². The Kier molecular flexibility index (Phi) is 4.61. The molecule has 1 atom stereocenters. The van der Waals surface area contributed by atoms with Gasteiger partial charge in [-0.15, -0.1) is 0 Å². The van der Waals surface area contributed by atoms with E-state index in [-0.39, 0.29) is 0 Å². The van der Waals surface area contributed by atoms with E-state index in [4.69, 9.17) is 10.5 Å². The molecule has 1 aliphatic rings. The highest BCUT2D eigenvalue weighted by molar-refractivity contribution is 5.28. The predicted molar refractivity (Wildman–Crippen MR) is 74.8 cm³/mol. The van der Waals surface area contributed by atoms with E-state index < -0.39 is 0 Å². The summed E-state index contributed by atoms with van der Waals surface area (Å²) in [4.78, 5) is 0. The zero-order valence-corrected chi connectivity index (χ0v) is 11.4. The lowest BCUT2D eigenvalue weighted by Crippen LogP contribution is -2.38. The molecule has 0 bridgehead atoms. The standard InChI is InChI=1S/C15H24N2O/c1-11(12-3-9-15(18-2)10-4-12)17-14-7-5-13(16)6-8-14/h3-4,9-11,13-14,17H,5-8,16H2,1-2H3/t11-,13?,14?/m1/s1. The zero-order chi connectivity index (χ0) is 13.0. The molecule has 18 heavy (non-hydrogen) atoms. The second kappa shape index (κ2) is 6.21. The Bertz CT molecular complexity index is 355. The summed E-state index contributed by atoms with van der Waals surface area (Å²) in [6.07, 6.45) is 4.68. The van der Waals surface area contributed by atoms with Crippen molar-refractivity contribution in [2.75, 3.05) is 7.11 Å². The van der Waals surface area contributed by atoms with Gasteiger partial charge in [0.1, 0.15) is 5.75 Å². The van der Waals surface area contributed by atoms with Crippen LogP contribution < -0.4 is 15.8 Å². The molecule has 0 unspecified atom stereocenters. The molecule has 2 rings (SSSR count). The molecule has 0 heterocycles. The van der Waals surface area contributed by atoms with Gasteiger partial charge in [0, 0.05) is 18.1 Å². The van der Waals surface area contributed by atoms with Crippen LogP contribution in [0.25, 0.3) is 0 Å². The van der Waals surface area contributed by atoms with Crippen molar-refractivity contribution in [2.45, 2.75) is 50.7 Å².